The Morgan fingerprint density at radius 3 is 3.05 bits per heavy atom. The van der Waals surface area contributed by atoms with Crippen molar-refractivity contribution in [2.24, 2.45) is 10.9 Å². The number of aromatic nitrogens is 2. The Labute approximate surface area is 131 Å². The minimum atomic E-state index is 0.397. The fraction of sp³-hybridized carbons (Fsp3) is 0.462. The topological polar surface area (TPSA) is 50.2 Å². The number of aliphatic imine (C=N–C) groups is 1. The number of nitrogens with zero attached hydrogens (tertiary/aromatic N) is 3. The Bertz CT molecular complexity index is 653. The zero-order valence-corrected chi connectivity index (χ0v) is 13.6. The molecule has 0 saturated heterocycles. The van der Waals surface area contributed by atoms with Gasteiger partial charge in [0.15, 0.2) is 5.17 Å². The van der Waals surface area contributed by atoms with Gasteiger partial charge in [-0.15, -0.1) is 0 Å². The molecule has 1 aliphatic heterocycles. The van der Waals surface area contributed by atoms with Crippen molar-refractivity contribution in [2.75, 3.05) is 11.1 Å². The molecule has 0 bridgehead atoms. The van der Waals surface area contributed by atoms with Crippen LogP contribution in [-0.4, -0.2) is 25.7 Å². The highest BCUT2D eigenvalue weighted by Crippen LogP contribution is 2.32. The van der Waals surface area contributed by atoms with Crippen LogP contribution in [-0.2, 0) is 0 Å². The fourth-order valence-corrected chi connectivity index (χ4v) is 3.90. The SMILES string of the molecule is CC(C)CC1CSC(Nc2c(Cl)ccc3nsnc23)=N1. The van der Waals surface area contributed by atoms with Crippen LogP contribution in [0.5, 0.6) is 0 Å². The van der Waals surface area contributed by atoms with E-state index in [1.807, 2.05) is 12.1 Å². The van der Waals surface area contributed by atoms with Crippen molar-refractivity contribution in [2.45, 2.75) is 26.3 Å². The standard InChI is InChI=1S/C13H15ClN4S2/c1-7(2)5-8-6-19-13(15-8)16-11-9(14)3-4-10-12(11)18-20-17-10/h3-4,7-8H,5-6H2,1-2H3,(H,15,16). The van der Waals surface area contributed by atoms with Crippen LogP contribution in [0.1, 0.15) is 20.3 Å². The molecule has 1 N–H and O–H groups in total. The molecule has 2 heterocycles. The van der Waals surface area contributed by atoms with Crippen LogP contribution in [0, 0.1) is 5.92 Å². The Kier molecular flexibility index (Phi) is 4.14. The van der Waals surface area contributed by atoms with Gasteiger partial charge in [0, 0.05) is 5.75 Å². The van der Waals surface area contributed by atoms with Gasteiger partial charge in [0.1, 0.15) is 11.0 Å². The highest BCUT2D eigenvalue weighted by atomic mass is 35.5. The van der Waals surface area contributed by atoms with Gasteiger partial charge in [-0.2, -0.15) is 8.75 Å². The third-order valence-electron chi connectivity index (χ3n) is 3.06. The predicted molar refractivity (Wildman–Crippen MR) is 89.2 cm³/mol. The first kappa shape index (κ1) is 14.1. The van der Waals surface area contributed by atoms with E-state index in [9.17, 15) is 0 Å². The van der Waals surface area contributed by atoms with E-state index in [1.54, 1.807) is 11.8 Å². The molecule has 4 nitrogen and oxygen atoms in total. The van der Waals surface area contributed by atoms with Crippen molar-refractivity contribution < 1.29 is 0 Å². The van der Waals surface area contributed by atoms with Gasteiger partial charge in [-0.3, -0.25) is 4.99 Å². The predicted octanol–water partition coefficient (Wildman–Crippen LogP) is 4.27. The smallest absolute Gasteiger partial charge is 0.161 e. The van der Waals surface area contributed by atoms with Gasteiger partial charge in [-0.1, -0.05) is 37.2 Å². The molecule has 2 aromatic rings. The number of benzene rings is 1. The van der Waals surface area contributed by atoms with Crippen molar-refractivity contribution in [3.8, 4) is 0 Å². The molecule has 1 unspecified atom stereocenters. The summed E-state index contributed by atoms with van der Waals surface area (Å²) < 4.78 is 8.54. The quantitative estimate of drug-likeness (QED) is 0.915. The van der Waals surface area contributed by atoms with Crippen LogP contribution in [0.2, 0.25) is 5.02 Å². The van der Waals surface area contributed by atoms with Gasteiger partial charge >= 0.3 is 0 Å². The lowest BCUT2D eigenvalue weighted by atomic mass is 10.1. The molecule has 7 heteroatoms. The molecule has 1 aromatic carbocycles. The molecule has 0 fully saturated rings. The van der Waals surface area contributed by atoms with Crippen LogP contribution < -0.4 is 5.32 Å². The third-order valence-corrected chi connectivity index (χ3v) is 4.95. The lowest BCUT2D eigenvalue weighted by Crippen LogP contribution is -2.08. The largest absolute Gasteiger partial charge is 0.332 e. The third kappa shape index (κ3) is 2.92. The fourth-order valence-electron chi connectivity index (χ4n) is 2.20. The summed E-state index contributed by atoms with van der Waals surface area (Å²) in [6.07, 6.45) is 1.12. The van der Waals surface area contributed by atoms with E-state index in [2.05, 4.69) is 27.9 Å². The van der Waals surface area contributed by atoms with Gasteiger partial charge in [0.05, 0.1) is 28.5 Å². The van der Waals surface area contributed by atoms with E-state index in [0.29, 0.717) is 17.0 Å². The molecule has 3 rings (SSSR count). The number of amidine groups is 1. The zero-order valence-electron chi connectivity index (χ0n) is 11.3. The number of hydrogen-bond donors (Lipinski definition) is 1. The molecule has 0 aliphatic carbocycles. The summed E-state index contributed by atoms with van der Waals surface area (Å²) in [5.41, 5.74) is 2.50. The summed E-state index contributed by atoms with van der Waals surface area (Å²) >= 11 is 9.21. The second-order valence-corrected chi connectivity index (χ2v) is 7.15. The number of anilines is 1. The van der Waals surface area contributed by atoms with Crippen molar-refractivity contribution in [1.29, 1.82) is 0 Å². The summed E-state index contributed by atoms with van der Waals surface area (Å²) in [4.78, 5) is 4.72. The summed E-state index contributed by atoms with van der Waals surface area (Å²) in [6.45, 7) is 4.45. The van der Waals surface area contributed by atoms with Gasteiger partial charge in [0.25, 0.3) is 0 Å². The molecule has 0 spiro atoms. The average molecular weight is 327 g/mol. The molecule has 1 aliphatic rings. The van der Waals surface area contributed by atoms with E-state index in [-0.39, 0.29) is 0 Å². The maximum atomic E-state index is 6.27. The molecule has 0 saturated carbocycles. The highest BCUT2D eigenvalue weighted by Gasteiger charge is 2.21. The summed E-state index contributed by atoms with van der Waals surface area (Å²) in [7, 11) is 0. The first-order valence-corrected chi connectivity index (χ1v) is 8.61. The average Bonchev–Trinajstić information content (AvgIpc) is 3.01. The second kappa shape index (κ2) is 5.87. The Morgan fingerprint density at radius 1 is 1.40 bits per heavy atom. The molecule has 0 radical (unpaired) electrons. The van der Waals surface area contributed by atoms with Gasteiger partial charge in [0.2, 0.25) is 0 Å². The maximum absolute atomic E-state index is 6.27. The normalized spacial score (nSPS) is 18.8. The Morgan fingerprint density at radius 2 is 2.25 bits per heavy atom. The maximum Gasteiger partial charge on any atom is 0.161 e. The molecule has 20 heavy (non-hydrogen) atoms. The number of thioether (sulfide) groups is 1. The molecule has 106 valence electrons. The second-order valence-electron chi connectivity index (χ2n) is 5.21. The summed E-state index contributed by atoms with van der Waals surface area (Å²) in [6, 6.07) is 4.13. The lowest BCUT2D eigenvalue weighted by molar-refractivity contribution is 0.529. The molecular weight excluding hydrogens is 312 g/mol. The number of halogens is 1. The summed E-state index contributed by atoms with van der Waals surface area (Å²) in [5, 5.41) is 4.91. The van der Waals surface area contributed by atoms with E-state index in [4.69, 9.17) is 16.6 Å². The minimum Gasteiger partial charge on any atom is -0.332 e. The number of hydrogen-bond acceptors (Lipinski definition) is 6. The zero-order chi connectivity index (χ0) is 14.1. The van der Waals surface area contributed by atoms with Crippen LogP contribution in [0.4, 0.5) is 5.69 Å². The molecular formula is C13H15ClN4S2. The van der Waals surface area contributed by atoms with E-state index >= 15 is 0 Å². The van der Waals surface area contributed by atoms with Crippen LogP contribution >= 0.6 is 35.1 Å². The van der Waals surface area contributed by atoms with Crippen LogP contribution in [0.15, 0.2) is 17.1 Å². The van der Waals surface area contributed by atoms with Crippen molar-refractivity contribution in [1.82, 2.24) is 8.75 Å². The molecule has 0 amide bonds. The Hall–Kier alpha value is -0.850. The van der Waals surface area contributed by atoms with Crippen molar-refractivity contribution in [3.63, 3.8) is 0 Å². The number of nitrogens with one attached hydrogen (secondary N) is 1. The summed E-state index contributed by atoms with van der Waals surface area (Å²) in [5.74, 6) is 1.70. The first-order valence-electron chi connectivity index (χ1n) is 6.52. The van der Waals surface area contributed by atoms with E-state index in [1.165, 1.54) is 11.7 Å². The van der Waals surface area contributed by atoms with Gasteiger partial charge in [-0.05, 0) is 24.5 Å². The first-order chi connectivity index (χ1) is 9.63. The minimum absolute atomic E-state index is 0.397. The monoisotopic (exact) mass is 326 g/mol. The van der Waals surface area contributed by atoms with Crippen LogP contribution in [0.3, 0.4) is 0 Å². The highest BCUT2D eigenvalue weighted by molar-refractivity contribution is 8.14. The molecule has 1 atom stereocenters. The van der Waals surface area contributed by atoms with Crippen molar-refractivity contribution >= 4 is 57.0 Å². The van der Waals surface area contributed by atoms with E-state index < -0.39 is 0 Å². The van der Waals surface area contributed by atoms with Crippen LogP contribution in [0.25, 0.3) is 11.0 Å². The molecule has 1 aromatic heterocycles. The Balaban J connectivity index is 1.83. The van der Waals surface area contributed by atoms with Crippen molar-refractivity contribution in [3.05, 3.63) is 17.2 Å². The van der Waals surface area contributed by atoms with E-state index in [0.717, 1.165) is 34.1 Å². The number of fused-ring (bicyclic) bond motifs is 1. The van der Waals surface area contributed by atoms with Gasteiger partial charge in [-0.25, -0.2) is 0 Å². The van der Waals surface area contributed by atoms with Gasteiger partial charge < -0.3 is 5.32 Å². The lowest BCUT2D eigenvalue weighted by Gasteiger charge is -2.08. The number of rotatable bonds is 3.